The van der Waals surface area contributed by atoms with E-state index >= 15 is 0 Å². The molecule has 2 heterocycles. The topological polar surface area (TPSA) is 67.2 Å². The van der Waals surface area contributed by atoms with Crippen LogP contribution in [0.1, 0.15) is 11.3 Å². The lowest BCUT2D eigenvalue weighted by Gasteiger charge is -2.11. The lowest BCUT2D eigenvalue weighted by Crippen LogP contribution is -2.36. The normalized spacial score (nSPS) is 12.2. The van der Waals surface area contributed by atoms with E-state index in [0.717, 1.165) is 26.6 Å². The van der Waals surface area contributed by atoms with Crippen molar-refractivity contribution < 1.29 is 8.42 Å². The van der Waals surface area contributed by atoms with E-state index in [-0.39, 0.29) is 0 Å². The molecule has 0 saturated carbocycles. The van der Waals surface area contributed by atoms with Crippen LogP contribution < -0.4 is 4.72 Å². The summed E-state index contributed by atoms with van der Waals surface area (Å²) >= 11 is 3.53. The van der Waals surface area contributed by atoms with Gasteiger partial charge in [-0.2, -0.15) is 12.7 Å². The molecule has 1 N–H and O–H groups in total. The summed E-state index contributed by atoms with van der Waals surface area (Å²) in [6.07, 6.45) is 4.48. The Hall–Kier alpha value is -1.74. The molecule has 0 aliphatic carbocycles. The fourth-order valence-corrected chi connectivity index (χ4v) is 3.75. The molecule has 0 amide bonds. The van der Waals surface area contributed by atoms with Crippen LogP contribution in [0.3, 0.4) is 0 Å². The highest BCUT2D eigenvalue weighted by molar-refractivity contribution is 9.10. The fraction of sp³-hybridized carbons (Fsp3) is 0.278. The minimum Gasteiger partial charge on any atom is -0.341 e. The minimum atomic E-state index is -3.41. The highest BCUT2D eigenvalue weighted by Gasteiger charge is 2.14. The van der Waals surface area contributed by atoms with Crippen LogP contribution in [-0.4, -0.2) is 42.9 Å². The average molecular weight is 437 g/mol. The standard InChI is InChI=1S/C18H21BrN4O2S/c1-22(2)26(24,25)21-10-8-14-12-23(13-16-5-3-4-9-20-16)18-11-15(19)6-7-17(14)18/h3-7,9,11-12,21H,8,10,13H2,1-2H3. The van der Waals surface area contributed by atoms with Gasteiger partial charge >= 0.3 is 0 Å². The van der Waals surface area contributed by atoms with Crippen molar-refractivity contribution in [2.45, 2.75) is 13.0 Å². The van der Waals surface area contributed by atoms with Gasteiger partial charge in [0, 0.05) is 48.4 Å². The Morgan fingerprint density at radius 2 is 2.04 bits per heavy atom. The van der Waals surface area contributed by atoms with Crippen molar-refractivity contribution in [1.82, 2.24) is 18.6 Å². The number of hydrogen-bond acceptors (Lipinski definition) is 3. The first kappa shape index (κ1) is 19.0. The van der Waals surface area contributed by atoms with Crippen molar-refractivity contribution in [3.63, 3.8) is 0 Å². The maximum atomic E-state index is 11.9. The summed E-state index contributed by atoms with van der Waals surface area (Å²) in [5.74, 6) is 0. The Kier molecular flexibility index (Phi) is 5.76. The lowest BCUT2D eigenvalue weighted by atomic mass is 10.1. The monoisotopic (exact) mass is 436 g/mol. The molecule has 0 bridgehead atoms. The van der Waals surface area contributed by atoms with Crippen LogP contribution in [0.5, 0.6) is 0 Å². The SMILES string of the molecule is CN(C)S(=O)(=O)NCCc1cn(Cc2ccccn2)c2cc(Br)ccc12. The Morgan fingerprint density at radius 3 is 2.73 bits per heavy atom. The molecule has 2 aromatic heterocycles. The summed E-state index contributed by atoms with van der Waals surface area (Å²) in [5, 5.41) is 1.12. The predicted octanol–water partition coefficient (Wildman–Crippen LogP) is 2.79. The van der Waals surface area contributed by atoms with Gasteiger partial charge in [-0.1, -0.05) is 28.1 Å². The summed E-state index contributed by atoms with van der Waals surface area (Å²) in [4.78, 5) is 4.40. The number of benzene rings is 1. The Morgan fingerprint density at radius 1 is 1.23 bits per heavy atom. The van der Waals surface area contributed by atoms with Crippen LogP contribution in [0.4, 0.5) is 0 Å². The zero-order chi connectivity index (χ0) is 18.7. The number of pyridine rings is 1. The number of nitrogens with zero attached hydrogens (tertiary/aromatic N) is 3. The maximum absolute atomic E-state index is 11.9. The molecule has 138 valence electrons. The minimum absolute atomic E-state index is 0.347. The molecule has 0 aliphatic rings. The van der Waals surface area contributed by atoms with Crippen LogP contribution in [0, 0.1) is 0 Å². The van der Waals surface area contributed by atoms with Gasteiger partial charge in [0.25, 0.3) is 10.2 Å². The second-order valence-corrected chi connectivity index (χ2v) is 9.08. The number of rotatable bonds is 7. The molecule has 0 saturated heterocycles. The zero-order valence-corrected chi connectivity index (χ0v) is 17.1. The van der Waals surface area contributed by atoms with E-state index < -0.39 is 10.2 Å². The van der Waals surface area contributed by atoms with Crippen LogP contribution in [0.15, 0.2) is 53.3 Å². The summed E-state index contributed by atoms with van der Waals surface area (Å²) in [6, 6.07) is 12.0. The van der Waals surface area contributed by atoms with E-state index in [1.165, 1.54) is 18.4 Å². The molecule has 26 heavy (non-hydrogen) atoms. The fourth-order valence-electron chi connectivity index (χ4n) is 2.78. The van der Waals surface area contributed by atoms with Gasteiger partial charge < -0.3 is 4.57 Å². The third-order valence-electron chi connectivity index (χ3n) is 4.14. The number of nitrogens with one attached hydrogen (secondary N) is 1. The van der Waals surface area contributed by atoms with E-state index in [2.05, 4.69) is 48.5 Å². The third kappa shape index (κ3) is 4.32. The van der Waals surface area contributed by atoms with E-state index in [1.807, 2.05) is 24.3 Å². The molecule has 8 heteroatoms. The van der Waals surface area contributed by atoms with Gasteiger partial charge in [0.1, 0.15) is 0 Å². The molecular weight excluding hydrogens is 416 g/mol. The van der Waals surface area contributed by atoms with Gasteiger partial charge in [-0.15, -0.1) is 0 Å². The van der Waals surface area contributed by atoms with E-state index in [0.29, 0.717) is 19.5 Å². The van der Waals surface area contributed by atoms with Crippen molar-refractivity contribution >= 4 is 37.0 Å². The molecule has 1 aromatic carbocycles. The molecule has 3 aromatic rings. The average Bonchev–Trinajstić information content (AvgIpc) is 2.92. The van der Waals surface area contributed by atoms with Crippen molar-refractivity contribution in [3.05, 3.63) is 64.5 Å². The highest BCUT2D eigenvalue weighted by atomic mass is 79.9. The molecule has 3 rings (SSSR count). The molecule has 6 nitrogen and oxygen atoms in total. The second kappa shape index (κ2) is 7.87. The first-order valence-corrected chi connectivity index (χ1v) is 10.4. The predicted molar refractivity (Wildman–Crippen MR) is 107 cm³/mol. The van der Waals surface area contributed by atoms with E-state index in [4.69, 9.17) is 0 Å². The first-order chi connectivity index (χ1) is 12.4. The highest BCUT2D eigenvalue weighted by Crippen LogP contribution is 2.26. The quantitative estimate of drug-likeness (QED) is 0.618. The van der Waals surface area contributed by atoms with Gasteiger partial charge in [0.15, 0.2) is 0 Å². The Labute approximate surface area is 162 Å². The molecule has 0 spiro atoms. The summed E-state index contributed by atoms with van der Waals surface area (Å²) in [5.41, 5.74) is 3.17. The van der Waals surface area contributed by atoms with Crippen molar-refractivity contribution in [2.24, 2.45) is 0 Å². The van der Waals surface area contributed by atoms with Crippen LogP contribution in [0.2, 0.25) is 0 Å². The summed E-state index contributed by atoms with van der Waals surface area (Å²) in [7, 11) is -0.386. The van der Waals surface area contributed by atoms with Crippen LogP contribution >= 0.6 is 15.9 Å². The molecule has 0 fully saturated rings. The van der Waals surface area contributed by atoms with Crippen molar-refractivity contribution in [3.8, 4) is 0 Å². The zero-order valence-electron chi connectivity index (χ0n) is 14.7. The summed E-state index contributed by atoms with van der Waals surface area (Å²) in [6.45, 7) is 1.01. The van der Waals surface area contributed by atoms with Crippen molar-refractivity contribution in [2.75, 3.05) is 20.6 Å². The smallest absolute Gasteiger partial charge is 0.278 e. The molecule has 0 atom stereocenters. The van der Waals surface area contributed by atoms with Gasteiger partial charge in [-0.25, -0.2) is 4.72 Å². The number of halogens is 1. The molecule has 0 unspecified atom stereocenters. The molecule has 0 radical (unpaired) electrons. The molecular formula is C18H21BrN4O2S. The molecule has 0 aliphatic heterocycles. The number of aromatic nitrogens is 2. The van der Waals surface area contributed by atoms with Crippen LogP contribution in [-0.2, 0) is 23.2 Å². The largest absolute Gasteiger partial charge is 0.341 e. The Balaban J connectivity index is 1.86. The summed E-state index contributed by atoms with van der Waals surface area (Å²) < 4.78 is 30.7. The Bertz CT molecular complexity index is 1000. The third-order valence-corrected chi connectivity index (χ3v) is 6.17. The van der Waals surface area contributed by atoms with Gasteiger partial charge in [0.05, 0.1) is 12.2 Å². The van der Waals surface area contributed by atoms with Gasteiger partial charge in [-0.3, -0.25) is 4.98 Å². The van der Waals surface area contributed by atoms with Gasteiger partial charge in [-0.05, 0) is 36.2 Å². The number of hydrogen-bond donors (Lipinski definition) is 1. The van der Waals surface area contributed by atoms with Gasteiger partial charge in [0.2, 0.25) is 0 Å². The van der Waals surface area contributed by atoms with Crippen molar-refractivity contribution in [1.29, 1.82) is 0 Å². The van der Waals surface area contributed by atoms with Crippen LogP contribution in [0.25, 0.3) is 10.9 Å². The second-order valence-electron chi connectivity index (χ2n) is 6.20. The number of fused-ring (bicyclic) bond motifs is 1. The maximum Gasteiger partial charge on any atom is 0.278 e. The van der Waals surface area contributed by atoms with E-state index in [1.54, 1.807) is 6.20 Å². The first-order valence-electron chi connectivity index (χ1n) is 8.21. The lowest BCUT2D eigenvalue weighted by molar-refractivity contribution is 0.506. The van der Waals surface area contributed by atoms with E-state index in [9.17, 15) is 8.42 Å².